The first-order valence-corrected chi connectivity index (χ1v) is 11.5. The highest BCUT2D eigenvalue weighted by molar-refractivity contribution is 6.09. The molecule has 0 saturated carbocycles. The first-order valence-electron chi connectivity index (χ1n) is 11.5. The largest absolute Gasteiger partial charge is 0.481 e. The maximum absolute atomic E-state index is 13.3. The number of rotatable bonds is 6. The molecule has 1 saturated heterocycles. The number of benzene rings is 2. The highest BCUT2D eigenvalue weighted by atomic mass is 16.5. The van der Waals surface area contributed by atoms with Crippen LogP contribution in [0.1, 0.15) is 28.8 Å². The van der Waals surface area contributed by atoms with E-state index in [1.165, 1.54) is 0 Å². The second-order valence-corrected chi connectivity index (χ2v) is 8.64. The van der Waals surface area contributed by atoms with Crippen molar-refractivity contribution in [3.05, 3.63) is 65.7 Å². The third-order valence-electron chi connectivity index (χ3n) is 6.22. The number of nitrogens with one attached hydrogen (secondary N) is 2. The van der Waals surface area contributed by atoms with Crippen molar-refractivity contribution in [1.29, 1.82) is 0 Å². The summed E-state index contributed by atoms with van der Waals surface area (Å²) in [5, 5.41) is 15.3. The van der Waals surface area contributed by atoms with E-state index in [9.17, 15) is 19.5 Å². The molecule has 8 nitrogen and oxygen atoms in total. The third-order valence-corrected chi connectivity index (χ3v) is 6.22. The minimum absolute atomic E-state index is 0.285. The Morgan fingerprint density at radius 1 is 0.941 bits per heavy atom. The van der Waals surface area contributed by atoms with Gasteiger partial charge in [-0.2, -0.15) is 0 Å². The molecule has 4 rings (SSSR count). The van der Waals surface area contributed by atoms with E-state index in [0.29, 0.717) is 56.1 Å². The predicted octanol–water partition coefficient (Wildman–Crippen LogP) is 3.69. The van der Waals surface area contributed by atoms with Crippen molar-refractivity contribution >= 4 is 34.8 Å². The number of morpholine rings is 1. The van der Waals surface area contributed by atoms with Crippen LogP contribution in [0.4, 0.5) is 17.1 Å². The Hall–Kier alpha value is -3.65. The van der Waals surface area contributed by atoms with Crippen LogP contribution in [0.15, 0.2) is 54.6 Å². The number of allylic oxidation sites excluding steroid dienone is 2. The van der Waals surface area contributed by atoms with Gasteiger partial charge < -0.3 is 25.4 Å². The van der Waals surface area contributed by atoms with Gasteiger partial charge in [0.2, 0.25) is 5.91 Å². The van der Waals surface area contributed by atoms with E-state index in [4.69, 9.17) is 4.74 Å². The average Bonchev–Trinajstić information content (AvgIpc) is 2.84. The molecular formula is C26H29N3O5. The molecule has 1 aliphatic carbocycles. The van der Waals surface area contributed by atoms with Gasteiger partial charge in [0, 0.05) is 30.2 Å². The van der Waals surface area contributed by atoms with Gasteiger partial charge in [0.15, 0.2) is 0 Å². The zero-order valence-electron chi connectivity index (χ0n) is 19.1. The fourth-order valence-corrected chi connectivity index (χ4v) is 4.41. The number of nitrogens with zero attached hydrogens (tertiary/aromatic N) is 1. The highest BCUT2D eigenvalue weighted by Gasteiger charge is 2.34. The molecule has 8 heteroatoms. The first kappa shape index (κ1) is 23.5. The summed E-state index contributed by atoms with van der Waals surface area (Å²) in [6.07, 6.45) is 4.34. The molecule has 2 aromatic carbocycles. The van der Waals surface area contributed by atoms with E-state index < -0.39 is 17.8 Å². The topological polar surface area (TPSA) is 108 Å². The molecule has 2 atom stereocenters. The number of anilines is 3. The van der Waals surface area contributed by atoms with E-state index >= 15 is 0 Å². The number of carboxylic acids is 1. The third kappa shape index (κ3) is 5.46. The quantitative estimate of drug-likeness (QED) is 0.564. The fraction of sp³-hybridized carbons (Fsp3) is 0.346. The molecule has 0 radical (unpaired) electrons. The minimum Gasteiger partial charge on any atom is -0.481 e. The average molecular weight is 464 g/mol. The van der Waals surface area contributed by atoms with Crippen molar-refractivity contribution in [2.45, 2.75) is 19.8 Å². The summed E-state index contributed by atoms with van der Waals surface area (Å²) < 4.78 is 5.45. The van der Waals surface area contributed by atoms with E-state index in [-0.39, 0.29) is 11.8 Å². The van der Waals surface area contributed by atoms with Gasteiger partial charge in [-0.05, 0) is 55.7 Å². The standard InChI is InChI=1S/C26H29N3O5/c1-17-5-4-6-18(15-17)27-25(31)22-16-19(9-10-23(22)29-11-13-34-14-12-29)28-24(30)20-7-2-3-8-21(20)26(32)33/h2-6,9-10,15-16,20-21H,7-8,11-14H2,1H3,(H,27,31)(H,28,30)(H,32,33)/t20-,21-/m1/s1. The number of aryl methyl sites for hydroxylation is 1. The van der Waals surface area contributed by atoms with Crippen molar-refractivity contribution in [2.24, 2.45) is 11.8 Å². The maximum atomic E-state index is 13.3. The summed E-state index contributed by atoms with van der Waals surface area (Å²) >= 11 is 0. The number of amides is 2. The van der Waals surface area contributed by atoms with Crippen molar-refractivity contribution in [1.82, 2.24) is 0 Å². The van der Waals surface area contributed by atoms with E-state index in [1.54, 1.807) is 18.2 Å². The second-order valence-electron chi connectivity index (χ2n) is 8.64. The summed E-state index contributed by atoms with van der Waals surface area (Å²) in [6, 6.07) is 12.8. The molecule has 2 amide bonds. The van der Waals surface area contributed by atoms with Gasteiger partial charge in [0.05, 0.1) is 30.6 Å². The summed E-state index contributed by atoms with van der Waals surface area (Å²) in [5.41, 5.74) is 3.36. The second kappa shape index (κ2) is 10.5. The molecule has 1 aliphatic heterocycles. The number of hydrogen-bond donors (Lipinski definition) is 3. The van der Waals surface area contributed by atoms with Gasteiger partial charge in [-0.15, -0.1) is 0 Å². The number of carboxylic acid groups (broad SMARTS) is 1. The van der Waals surface area contributed by atoms with Crippen LogP contribution < -0.4 is 15.5 Å². The smallest absolute Gasteiger partial charge is 0.307 e. The Kier molecular flexibility index (Phi) is 7.27. The van der Waals surface area contributed by atoms with Gasteiger partial charge in [0.1, 0.15) is 0 Å². The van der Waals surface area contributed by atoms with Gasteiger partial charge in [-0.1, -0.05) is 24.3 Å². The molecule has 1 fully saturated rings. The van der Waals surface area contributed by atoms with E-state index in [1.807, 2.05) is 43.3 Å². The molecule has 0 spiro atoms. The normalized spacial score (nSPS) is 20.0. The van der Waals surface area contributed by atoms with Crippen LogP contribution in [0.5, 0.6) is 0 Å². The van der Waals surface area contributed by atoms with E-state index in [0.717, 1.165) is 11.3 Å². The zero-order valence-corrected chi connectivity index (χ0v) is 19.1. The number of aliphatic carboxylic acids is 1. The summed E-state index contributed by atoms with van der Waals surface area (Å²) in [7, 11) is 0. The summed E-state index contributed by atoms with van der Waals surface area (Å²) in [4.78, 5) is 39.9. The number of carbonyl (C=O) groups is 3. The van der Waals surface area contributed by atoms with Crippen molar-refractivity contribution in [3.8, 4) is 0 Å². The van der Waals surface area contributed by atoms with Crippen molar-refractivity contribution < 1.29 is 24.2 Å². The number of hydrogen-bond acceptors (Lipinski definition) is 5. The first-order chi connectivity index (χ1) is 16.4. The van der Waals surface area contributed by atoms with Crippen LogP contribution in [0.3, 0.4) is 0 Å². The monoisotopic (exact) mass is 463 g/mol. The van der Waals surface area contributed by atoms with Gasteiger partial charge >= 0.3 is 5.97 Å². The number of ether oxygens (including phenoxy) is 1. The van der Waals surface area contributed by atoms with Crippen LogP contribution >= 0.6 is 0 Å². The lowest BCUT2D eigenvalue weighted by molar-refractivity contribution is -0.146. The lowest BCUT2D eigenvalue weighted by Crippen LogP contribution is -2.37. The molecular weight excluding hydrogens is 434 g/mol. The lowest BCUT2D eigenvalue weighted by Gasteiger charge is -2.30. The van der Waals surface area contributed by atoms with Crippen molar-refractivity contribution in [2.75, 3.05) is 41.8 Å². The molecule has 2 aliphatic rings. The summed E-state index contributed by atoms with van der Waals surface area (Å²) in [5.74, 6) is -3.05. The molecule has 34 heavy (non-hydrogen) atoms. The Balaban J connectivity index is 1.60. The number of carbonyl (C=O) groups excluding carboxylic acids is 2. The Bertz CT molecular complexity index is 1110. The molecule has 1 heterocycles. The fourth-order valence-electron chi connectivity index (χ4n) is 4.41. The van der Waals surface area contributed by atoms with Crippen LogP contribution in [-0.4, -0.2) is 49.2 Å². The van der Waals surface area contributed by atoms with Gasteiger partial charge in [0.25, 0.3) is 5.91 Å². The Labute approximate surface area is 198 Å². The molecule has 0 bridgehead atoms. The lowest BCUT2D eigenvalue weighted by atomic mass is 9.82. The van der Waals surface area contributed by atoms with E-state index in [2.05, 4.69) is 15.5 Å². The molecule has 178 valence electrons. The van der Waals surface area contributed by atoms with Gasteiger partial charge in [-0.25, -0.2) is 0 Å². The Morgan fingerprint density at radius 3 is 2.35 bits per heavy atom. The molecule has 2 aromatic rings. The minimum atomic E-state index is -0.981. The van der Waals surface area contributed by atoms with Crippen LogP contribution in [0, 0.1) is 18.8 Å². The van der Waals surface area contributed by atoms with Gasteiger partial charge in [-0.3, -0.25) is 14.4 Å². The predicted molar refractivity (Wildman–Crippen MR) is 130 cm³/mol. The maximum Gasteiger partial charge on any atom is 0.307 e. The van der Waals surface area contributed by atoms with Crippen molar-refractivity contribution in [3.63, 3.8) is 0 Å². The highest BCUT2D eigenvalue weighted by Crippen LogP contribution is 2.30. The summed E-state index contributed by atoms with van der Waals surface area (Å²) in [6.45, 7) is 4.42. The molecule has 3 N–H and O–H groups in total. The SMILES string of the molecule is Cc1cccc(NC(=O)c2cc(NC(=O)[C@@H]3CC=CC[C@H]3C(=O)O)ccc2N2CCOCC2)c1. The van der Waals surface area contributed by atoms with Crippen LogP contribution in [-0.2, 0) is 14.3 Å². The Morgan fingerprint density at radius 2 is 1.65 bits per heavy atom. The molecule has 0 aromatic heterocycles. The zero-order chi connectivity index (χ0) is 24.1. The molecule has 0 unspecified atom stereocenters. The van der Waals surface area contributed by atoms with Crippen LogP contribution in [0.25, 0.3) is 0 Å². The van der Waals surface area contributed by atoms with Crippen LogP contribution in [0.2, 0.25) is 0 Å².